The molecule has 4 heteroatoms. The monoisotopic (exact) mass is 342 g/mol. The van der Waals surface area contributed by atoms with Crippen molar-refractivity contribution >= 4 is 11.9 Å². The first-order chi connectivity index (χ1) is 11.2. The molecule has 0 saturated heterocycles. The molecule has 0 aliphatic heterocycles. The molecule has 0 aromatic heterocycles. The van der Waals surface area contributed by atoms with Gasteiger partial charge in [-0.3, -0.25) is 9.59 Å². The van der Waals surface area contributed by atoms with Crippen molar-refractivity contribution in [3.63, 3.8) is 0 Å². The van der Waals surface area contributed by atoms with Crippen LogP contribution in [-0.2, 0) is 9.59 Å². The van der Waals surface area contributed by atoms with Crippen LogP contribution >= 0.6 is 0 Å². The van der Waals surface area contributed by atoms with Crippen molar-refractivity contribution in [2.24, 2.45) is 10.8 Å². The van der Waals surface area contributed by atoms with Gasteiger partial charge in [0.05, 0.1) is 10.8 Å². The van der Waals surface area contributed by atoms with E-state index in [1.54, 1.807) is 0 Å². The fourth-order valence-electron chi connectivity index (χ4n) is 3.52. The Morgan fingerprint density at radius 1 is 0.625 bits per heavy atom. The second kappa shape index (κ2) is 11.5. The molecule has 0 heterocycles. The zero-order chi connectivity index (χ0) is 18.6. The van der Waals surface area contributed by atoms with E-state index in [1.165, 1.54) is 0 Å². The third-order valence-corrected chi connectivity index (χ3v) is 5.34. The Morgan fingerprint density at radius 3 is 1.17 bits per heavy atom. The van der Waals surface area contributed by atoms with Gasteiger partial charge in [0.1, 0.15) is 0 Å². The molecule has 0 amide bonds. The van der Waals surface area contributed by atoms with Gasteiger partial charge in [-0.2, -0.15) is 0 Å². The first-order valence-electron chi connectivity index (χ1n) is 9.68. The van der Waals surface area contributed by atoms with Gasteiger partial charge >= 0.3 is 11.9 Å². The van der Waals surface area contributed by atoms with Crippen LogP contribution in [0.15, 0.2) is 0 Å². The highest BCUT2D eigenvalue weighted by Gasteiger charge is 2.32. The Bertz CT molecular complexity index is 344. The summed E-state index contributed by atoms with van der Waals surface area (Å²) in [4.78, 5) is 22.7. The van der Waals surface area contributed by atoms with Gasteiger partial charge in [-0.15, -0.1) is 0 Å². The molecular weight excluding hydrogens is 304 g/mol. The number of carbonyl (C=O) groups is 2. The van der Waals surface area contributed by atoms with Crippen LogP contribution < -0.4 is 0 Å². The van der Waals surface area contributed by atoms with E-state index < -0.39 is 22.8 Å². The molecule has 0 bridgehead atoms. The molecule has 0 radical (unpaired) electrons. The molecule has 2 N–H and O–H groups in total. The van der Waals surface area contributed by atoms with Crippen molar-refractivity contribution in [3.8, 4) is 0 Å². The molecule has 4 nitrogen and oxygen atoms in total. The number of rotatable bonds is 15. The van der Waals surface area contributed by atoms with E-state index in [2.05, 4.69) is 0 Å². The van der Waals surface area contributed by atoms with E-state index in [0.717, 1.165) is 77.0 Å². The predicted molar refractivity (Wildman–Crippen MR) is 98.2 cm³/mol. The number of carboxylic acids is 2. The minimum absolute atomic E-state index is 0.571. The van der Waals surface area contributed by atoms with E-state index >= 15 is 0 Å². The van der Waals surface area contributed by atoms with E-state index in [1.807, 2.05) is 27.7 Å². The molecule has 0 aliphatic carbocycles. The highest BCUT2D eigenvalue weighted by atomic mass is 16.4. The van der Waals surface area contributed by atoms with E-state index in [9.17, 15) is 19.8 Å². The summed E-state index contributed by atoms with van der Waals surface area (Å²) in [6.07, 6.45) is 11.1. The number of hydrogen-bond acceptors (Lipinski definition) is 2. The maximum atomic E-state index is 11.4. The summed E-state index contributed by atoms with van der Waals surface area (Å²) in [6.45, 7) is 7.79. The molecule has 0 aliphatic rings. The van der Waals surface area contributed by atoms with E-state index in [-0.39, 0.29) is 0 Å². The smallest absolute Gasteiger partial charge is 0.309 e. The van der Waals surface area contributed by atoms with Gasteiger partial charge in [-0.05, 0) is 39.5 Å². The fraction of sp³-hybridized carbons (Fsp3) is 0.900. The number of unbranched alkanes of at least 4 members (excludes halogenated alkanes) is 5. The van der Waals surface area contributed by atoms with Crippen LogP contribution in [0.1, 0.15) is 105 Å². The van der Waals surface area contributed by atoms with Gasteiger partial charge < -0.3 is 10.2 Å². The molecule has 0 aromatic carbocycles. The van der Waals surface area contributed by atoms with Crippen molar-refractivity contribution in [1.82, 2.24) is 0 Å². The summed E-state index contributed by atoms with van der Waals surface area (Å²) in [5.41, 5.74) is -1.14. The Labute approximate surface area is 148 Å². The number of hydrogen-bond donors (Lipinski definition) is 2. The van der Waals surface area contributed by atoms with Gasteiger partial charge in [-0.25, -0.2) is 0 Å². The van der Waals surface area contributed by atoms with Crippen LogP contribution in [0, 0.1) is 10.8 Å². The van der Waals surface area contributed by atoms with Gasteiger partial charge in [0.2, 0.25) is 0 Å². The molecule has 2 atom stereocenters. The third-order valence-electron chi connectivity index (χ3n) is 5.34. The molecule has 24 heavy (non-hydrogen) atoms. The second-order valence-corrected chi connectivity index (χ2v) is 7.85. The molecule has 0 fully saturated rings. The molecule has 2 unspecified atom stereocenters. The Kier molecular flexibility index (Phi) is 11.0. The summed E-state index contributed by atoms with van der Waals surface area (Å²) in [6, 6.07) is 0. The maximum Gasteiger partial charge on any atom is 0.309 e. The normalized spacial score (nSPS) is 16.3. The second-order valence-electron chi connectivity index (χ2n) is 7.85. The summed E-state index contributed by atoms with van der Waals surface area (Å²) >= 11 is 0. The van der Waals surface area contributed by atoms with Gasteiger partial charge in [-0.1, -0.05) is 65.2 Å². The Hall–Kier alpha value is -1.06. The lowest BCUT2D eigenvalue weighted by Gasteiger charge is -2.24. The average Bonchev–Trinajstić information content (AvgIpc) is 2.50. The largest absolute Gasteiger partial charge is 0.481 e. The lowest BCUT2D eigenvalue weighted by Crippen LogP contribution is -2.27. The van der Waals surface area contributed by atoms with Crippen LogP contribution in [0.25, 0.3) is 0 Å². The van der Waals surface area contributed by atoms with Gasteiger partial charge in [0, 0.05) is 0 Å². The van der Waals surface area contributed by atoms with Crippen LogP contribution in [0.4, 0.5) is 0 Å². The number of aliphatic carboxylic acids is 2. The zero-order valence-corrected chi connectivity index (χ0v) is 16.2. The Balaban J connectivity index is 3.88. The standard InChI is InChI=1S/C20H38O4/c1-5-13-19(3,17(21)22)15-11-9-7-8-10-12-16-20(4,14-6-2)18(23)24/h5-16H2,1-4H3,(H,21,22)(H,23,24). The fourth-order valence-corrected chi connectivity index (χ4v) is 3.52. The number of carboxylic acid groups (broad SMARTS) is 2. The summed E-state index contributed by atoms with van der Waals surface area (Å²) < 4.78 is 0. The van der Waals surface area contributed by atoms with Crippen molar-refractivity contribution in [3.05, 3.63) is 0 Å². The van der Waals surface area contributed by atoms with Crippen molar-refractivity contribution < 1.29 is 19.8 Å². The Morgan fingerprint density at radius 2 is 0.917 bits per heavy atom. The highest BCUT2D eigenvalue weighted by Crippen LogP contribution is 2.32. The van der Waals surface area contributed by atoms with Crippen molar-refractivity contribution in [2.75, 3.05) is 0 Å². The lowest BCUT2D eigenvalue weighted by atomic mass is 9.80. The predicted octanol–water partition coefficient (Wildman–Crippen LogP) is 5.89. The minimum atomic E-state index is -0.673. The quantitative estimate of drug-likeness (QED) is 0.364. The minimum Gasteiger partial charge on any atom is -0.481 e. The van der Waals surface area contributed by atoms with Crippen LogP contribution in [0.5, 0.6) is 0 Å². The van der Waals surface area contributed by atoms with E-state index in [0.29, 0.717) is 0 Å². The maximum absolute atomic E-state index is 11.4. The van der Waals surface area contributed by atoms with Gasteiger partial charge in [0.15, 0.2) is 0 Å². The summed E-state index contributed by atoms with van der Waals surface area (Å²) in [5.74, 6) is -1.35. The van der Waals surface area contributed by atoms with Crippen LogP contribution in [-0.4, -0.2) is 22.2 Å². The first kappa shape index (κ1) is 22.9. The molecule has 0 spiro atoms. The molecular formula is C20H38O4. The SMILES string of the molecule is CCCC(C)(CCCCCCCCC(C)(CCC)C(=O)O)C(=O)O. The van der Waals surface area contributed by atoms with Crippen LogP contribution in [0.3, 0.4) is 0 Å². The van der Waals surface area contributed by atoms with Crippen molar-refractivity contribution in [2.45, 2.75) is 105 Å². The van der Waals surface area contributed by atoms with E-state index in [4.69, 9.17) is 0 Å². The summed E-state index contributed by atoms with van der Waals surface area (Å²) in [5, 5.41) is 18.7. The first-order valence-corrected chi connectivity index (χ1v) is 9.68. The van der Waals surface area contributed by atoms with Crippen LogP contribution in [0.2, 0.25) is 0 Å². The van der Waals surface area contributed by atoms with Crippen molar-refractivity contribution in [1.29, 1.82) is 0 Å². The molecule has 142 valence electrons. The zero-order valence-electron chi connectivity index (χ0n) is 16.2. The highest BCUT2D eigenvalue weighted by molar-refractivity contribution is 5.74. The molecule has 0 aromatic rings. The molecule has 0 rings (SSSR count). The lowest BCUT2D eigenvalue weighted by molar-refractivity contribution is -0.149. The average molecular weight is 343 g/mol. The molecule has 0 saturated carbocycles. The topological polar surface area (TPSA) is 74.6 Å². The third kappa shape index (κ3) is 8.16. The van der Waals surface area contributed by atoms with Gasteiger partial charge in [0.25, 0.3) is 0 Å². The summed E-state index contributed by atoms with van der Waals surface area (Å²) in [7, 11) is 0.